The molecule has 16 nitrogen and oxygen atoms in total. The summed E-state index contributed by atoms with van der Waals surface area (Å²) in [6.07, 6.45) is -2.77. The van der Waals surface area contributed by atoms with Crippen LogP contribution in [0.25, 0.3) is 0 Å². The van der Waals surface area contributed by atoms with Gasteiger partial charge in [0.1, 0.15) is 12.1 Å². The highest BCUT2D eigenvalue weighted by Gasteiger charge is 2.59. The minimum absolute atomic E-state index is 0.0294. The van der Waals surface area contributed by atoms with E-state index in [1.54, 1.807) is 41.8 Å². The molecule has 0 spiro atoms. The molecular formula is C35H59N3O13SSi. The Balaban J connectivity index is 2.26. The number of imide groups is 1. The molecule has 302 valence electrons. The average Bonchev–Trinajstić information content (AvgIpc) is 3.47. The number of likely N-dealkylation sites (N-methyl/N-ethyl adjacent to an activating group) is 1. The third-order valence-corrected chi connectivity index (χ3v) is 15.8. The number of carbonyl (C=O) groups excluding carboxylic acids is 7. The van der Waals surface area contributed by atoms with Crippen LogP contribution in [0.1, 0.15) is 81.6 Å². The molecule has 2 aliphatic rings. The Bertz CT molecular complexity index is 1350. The number of esters is 1. The molecule has 2 aliphatic heterocycles. The molecule has 4 amide bonds. The lowest BCUT2D eigenvalue weighted by Crippen LogP contribution is -2.70. The molecular weight excluding hydrogens is 731 g/mol. The Labute approximate surface area is 318 Å². The fraction of sp³-hybridized carbons (Fsp3) is 0.800. The van der Waals surface area contributed by atoms with Crippen molar-refractivity contribution in [2.75, 3.05) is 34.2 Å². The van der Waals surface area contributed by atoms with E-state index in [4.69, 9.17) is 28.1 Å². The molecule has 2 rings (SSSR count). The zero-order chi connectivity index (χ0) is 40.6. The first kappa shape index (κ1) is 45.8. The monoisotopic (exact) mass is 789 g/mol. The molecule has 0 aromatic rings. The minimum Gasteiger partial charge on any atom is -0.431 e. The second-order valence-corrected chi connectivity index (χ2v) is 21.5. The number of ether oxygens (including phenoxy) is 5. The van der Waals surface area contributed by atoms with Gasteiger partial charge in [0.05, 0.1) is 24.0 Å². The van der Waals surface area contributed by atoms with Crippen LogP contribution in [0.5, 0.6) is 0 Å². The number of carbonyl (C=O) groups is 7. The smallest absolute Gasteiger partial charge is 0.431 e. The number of hydrogen-bond donors (Lipinski definition) is 0. The fourth-order valence-corrected chi connectivity index (χ4v) is 8.34. The minimum atomic E-state index is -2.40. The van der Waals surface area contributed by atoms with Crippen molar-refractivity contribution in [1.82, 2.24) is 14.7 Å². The third kappa shape index (κ3) is 11.8. The number of rotatable bonds is 15. The zero-order valence-corrected chi connectivity index (χ0v) is 35.2. The standard InChI is InChI=1S/C35H59N3O13SSi/c1-14-23(15-2)50-34(45)49-19-48-33(44)38-27(26(29(38)40)22(6)51-53(12,13)35(7,8)9)21(5)31(42)52-24-16-25(28(39)36(10)11)37(17-24)32(43)47-18-46-30(41)20(3)4/h20-27H,14-19H2,1-13H3/t21-,22-,24+,25+,26-,27-/m1/s1. The van der Waals surface area contributed by atoms with E-state index in [0.717, 1.165) is 16.7 Å². The van der Waals surface area contributed by atoms with Crippen molar-refractivity contribution >= 4 is 61.3 Å². The van der Waals surface area contributed by atoms with Crippen LogP contribution in [0, 0.1) is 17.8 Å². The summed E-state index contributed by atoms with van der Waals surface area (Å²) in [5.41, 5.74) is 0. The summed E-state index contributed by atoms with van der Waals surface area (Å²) in [5, 5.41) is -1.13. The van der Waals surface area contributed by atoms with Crippen molar-refractivity contribution in [2.45, 2.75) is 129 Å². The fourth-order valence-electron chi connectivity index (χ4n) is 5.71. The second kappa shape index (κ2) is 19.3. The van der Waals surface area contributed by atoms with Crippen LogP contribution in [0.4, 0.5) is 14.4 Å². The van der Waals surface area contributed by atoms with E-state index in [9.17, 15) is 33.6 Å². The molecule has 6 atom stereocenters. The zero-order valence-electron chi connectivity index (χ0n) is 33.4. The van der Waals surface area contributed by atoms with Gasteiger partial charge in [-0.1, -0.05) is 67.2 Å². The van der Waals surface area contributed by atoms with Crippen molar-refractivity contribution in [1.29, 1.82) is 0 Å². The summed E-state index contributed by atoms with van der Waals surface area (Å²) in [5.74, 6) is -3.77. The highest BCUT2D eigenvalue weighted by Crippen LogP contribution is 2.43. The van der Waals surface area contributed by atoms with Crippen LogP contribution in [0.2, 0.25) is 18.1 Å². The first-order chi connectivity index (χ1) is 24.5. The number of hydrogen-bond acceptors (Lipinski definition) is 14. The van der Waals surface area contributed by atoms with Gasteiger partial charge in [-0.25, -0.2) is 19.3 Å². The van der Waals surface area contributed by atoms with Crippen molar-refractivity contribution in [3.63, 3.8) is 0 Å². The van der Waals surface area contributed by atoms with Gasteiger partial charge in [0.25, 0.3) is 0 Å². The molecule has 2 saturated heterocycles. The topological polar surface area (TPSA) is 185 Å². The number of β-lactam (4-membered cyclic amide) rings is 1. The number of nitrogens with zero attached hydrogens (tertiary/aromatic N) is 3. The Morgan fingerprint density at radius 3 is 2.00 bits per heavy atom. The Kier molecular flexibility index (Phi) is 16.6. The number of thioether (sulfide) groups is 1. The van der Waals surface area contributed by atoms with Gasteiger partial charge in [0.15, 0.2) is 13.4 Å². The molecule has 0 aromatic carbocycles. The predicted octanol–water partition coefficient (Wildman–Crippen LogP) is 5.38. The van der Waals surface area contributed by atoms with E-state index in [1.165, 1.54) is 9.80 Å². The van der Waals surface area contributed by atoms with E-state index in [1.807, 2.05) is 26.9 Å². The van der Waals surface area contributed by atoms with Gasteiger partial charge in [-0.3, -0.25) is 24.1 Å². The molecule has 0 aliphatic carbocycles. The molecule has 0 N–H and O–H groups in total. The lowest BCUT2D eigenvalue weighted by atomic mass is 9.77. The molecule has 0 unspecified atom stereocenters. The first-order valence-electron chi connectivity index (χ1n) is 18.0. The lowest BCUT2D eigenvalue weighted by Gasteiger charge is -2.51. The predicted molar refractivity (Wildman–Crippen MR) is 197 cm³/mol. The largest absolute Gasteiger partial charge is 0.511 e. The van der Waals surface area contributed by atoms with E-state index >= 15 is 0 Å². The van der Waals surface area contributed by atoms with Gasteiger partial charge >= 0.3 is 24.3 Å². The molecule has 0 radical (unpaired) electrons. The second-order valence-electron chi connectivity index (χ2n) is 15.4. The van der Waals surface area contributed by atoms with Gasteiger partial charge in [-0.05, 0) is 44.3 Å². The summed E-state index contributed by atoms with van der Waals surface area (Å²) in [7, 11) is 0.686. The van der Waals surface area contributed by atoms with Crippen LogP contribution < -0.4 is 0 Å². The average molecular weight is 790 g/mol. The SMILES string of the molecule is CCC(CC)OC(=O)OCOC(=O)N1C(=O)[C@H]([C@@H](C)O[Si](C)(C)C(C)(C)C)[C@H]1[C@@H](C)C(=O)S[C@H]1C[C@@H](C(=O)N(C)C)N(C(=O)OCOC(=O)C(C)C)C1. The van der Waals surface area contributed by atoms with E-state index in [-0.39, 0.29) is 30.0 Å². The molecule has 53 heavy (non-hydrogen) atoms. The van der Waals surface area contributed by atoms with Gasteiger partial charge in [0, 0.05) is 31.8 Å². The first-order valence-corrected chi connectivity index (χ1v) is 21.8. The molecule has 0 bridgehead atoms. The molecule has 2 fully saturated rings. The van der Waals surface area contributed by atoms with Crippen LogP contribution >= 0.6 is 11.8 Å². The summed E-state index contributed by atoms with van der Waals surface area (Å²) >= 11 is 0.905. The van der Waals surface area contributed by atoms with Crippen LogP contribution in [0.15, 0.2) is 0 Å². The molecule has 0 saturated carbocycles. The molecule has 18 heteroatoms. The molecule has 0 aromatic heterocycles. The van der Waals surface area contributed by atoms with E-state index in [2.05, 4.69) is 20.8 Å². The third-order valence-electron chi connectivity index (χ3n) is 9.96. The van der Waals surface area contributed by atoms with Gasteiger partial charge < -0.3 is 33.0 Å². The maximum absolute atomic E-state index is 13.9. The normalized spacial score (nSPS) is 21.5. The number of likely N-dealkylation sites (tertiary alicyclic amines) is 2. The Morgan fingerprint density at radius 1 is 0.906 bits per heavy atom. The number of amides is 4. The van der Waals surface area contributed by atoms with Crippen LogP contribution in [0.3, 0.4) is 0 Å². The van der Waals surface area contributed by atoms with E-state index in [0.29, 0.717) is 12.8 Å². The quantitative estimate of drug-likeness (QED) is 0.0677. The highest BCUT2D eigenvalue weighted by molar-refractivity contribution is 8.14. The maximum Gasteiger partial charge on any atom is 0.511 e. The van der Waals surface area contributed by atoms with Crippen LogP contribution in [-0.4, -0.2) is 128 Å². The summed E-state index contributed by atoms with van der Waals surface area (Å²) in [6.45, 7) is 19.1. The van der Waals surface area contributed by atoms with E-state index < -0.39 is 98.4 Å². The lowest BCUT2D eigenvalue weighted by molar-refractivity contribution is -0.164. The Hall–Kier alpha value is -3.38. The summed E-state index contributed by atoms with van der Waals surface area (Å²) in [6, 6.07) is -1.92. The maximum atomic E-state index is 13.9. The van der Waals surface area contributed by atoms with Gasteiger partial charge in [-0.2, -0.15) is 0 Å². The van der Waals surface area contributed by atoms with Crippen molar-refractivity contribution in [2.24, 2.45) is 17.8 Å². The van der Waals surface area contributed by atoms with Gasteiger partial charge in [-0.15, -0.1) is 0 Å². The summed E-state index contributed by atoms with van der Waals surface area (Å²) < 4.78 is 31.8. The highest BCUT2D eigenvalue weighted by atomic mass is 32.2. The van der Waals surface area contributed by atoms with Crippen LogP contribution in [-0.2, 0) is 47.3 Å². The Morgan fingerprint density at radius 2 is 1.47 bits per heavy atom. The molecule has 2 heterocycles. The van der Waals surface area contributed by atoms with Crippen molar-refractivity contribution < 1.29 is 61.7 Å². The van der Waals surface area contributed by atoms with Crippen molar-refractivity contribution in [3.05, 3.63) is 0 Å². The van der Waals surface area contributed by atoms with Gasteiger partial charge in [0.2, 0.25) is 25.4 Å². The van der Waals surface area contributed by atoms with Crippen molar-refractivity contribution in [3.8, 4) is 0 Å². The summed E-state index contributed by atoms with van der Waals surface area (Å²) in [4.78, 5) is 94.2.